The second kappa shape index (κ2) is 8.41. The van der Waals surface area contributed by atoms with Crippen molar-refractivity contribution in [3.05, 3.63) is 35.4 Å². The van der Waals surface area contributed by atoms with Crippen molar-refractivity contribution >= 4 is 5.91 Å². The minimum absolute atomic E-state index is 0.123. The Labute approximate surface area is 171 Å². The highest BCUT2D eigenvalue weighted by molar-refractivity contribution is 5.81. The number of aromatic nitrogens is 3. The molecule has 1 aliphatic carbocycles. The number of hydrogen-bond acceptors (Lipinski definition) is 6. The van der Waals surface area contributed by atoms with Gasteiger partial charge in [0.15, 0.2) is 17.3 Å². The molecule has 0 saturated heterocycles. The van der Waals surface area contributed by atoms with Gasteiger partial charge in [-0.3, -0.25) is 9.69 Å². The quantitative estimate of drug-likeness (QED) is 0.766. The van der Waals surface area contributed by atoms with Gasteiger partial charge in [-0.05, 0) is 37.5 Å². The molecule has 1 aromatic carbocycles. The van der Waals surface area contributed by atoms with Crippen LogP contribution in [0.4, 0.5) is 0 Å². The van der Waals surface area contributed by atoms with Crippen LogP contribution in [0, 0.1) is 5.92 Å². The minimum atomic E-state index is -0.123. The Bertz CT molecular complexity index is 877. The maximum atomic E-state index is 12.1. The zero-order valence-electron chi connectivity index (χ0n) is 17.4. The predicted octanol–water partition coefficient (Wildman–Crippen LogP) is 1.94. The Hall–Kier alpha value is -2.61. The number of nitrogens with zero attached hydrogens (tertiary/aromatic N) is 4. The van der Waals surface area contributed by atoms with Crippen molar-refractivity contribution in [1.82, 2.24) is 25.0 Å². The van der Waals surface area contributed by atoms with Crippen molar-refractivity contribution in [3.8, 4) is 11.5 Å². The number of rotatable bonds is 7. The Kier molecular flexibility index (Phi) is 5.71. The van der Waals surface area contributed by atoms with Crippen molar-refractivity contribution in [2.45, 2.75) is 45.3 Å². The molecule has 8 heteroatoms. The number of nitrogens with one attached hydrogen (secondary N) is 1. The zero-order chi connectivity index (χ0) is 20.4. The maximum Gasteiger partial charge on any atom is 0.223 e. The Morgan fingerprint density at radius 3 is 2.69 bits per heavy atom. The van der Waals surface area contributed by atoms with Gasteiger partial charge in [-0.2, -0.15) is 0 Å². The molecule has 1 fully saturated rings. The smallest absolute Gasteiger partial charge is 0.223 e. The molecule has 1 amide bonds. The minimum Gasteiger partial charge on any atom is -0.493 e. The molecular weight excluding hydrogens is 370 g/mol. The monoisotopic (exact) mass is 399 g/mol. The molecule has 1 atom stereocenters. The summed E-state index contributed by atoms with van der Waals surface area (Å²) in [7, 11) is 3.30. The van der Waals surface area contributed by atoms with Crippen LogP contribution in [0.5, 0.6) is 11.5 Å². The van der Waals surface area contributed by atoms with Gasteiger partial charge in [0.2, 0.25) is 5.91 Å². The summed E-state index contributed by atoms with van der Waals surface area (Å²) in [5.74, 6) is 3.66. The largest absolute Gasteiger partial charge is 0.493 e. The van der Waals surface area contributed by atoms with E-state index in [4.69, 9.17) is 9.47 Å². The fraction of sp³-hybridized carbons (Fsp3) is 0.571. The van der Waals surface area contributed by atoms with Crippen LogP contribution in [-0.4, -0.2) is 52.9 Å². The topological polar surface area (TPSA) is 81.5 Å². The molecule has 1 aliphatic heterocycles. The van der Waals surface area contributed by atoms with Crippen molar-refractivity contribution in [1.29, 1.82) is 0 Å². The summed E-state index contributed by atoms with van der Waals surface area (Å²) < 4.78 is 12.9. The summed E-state index contributed by atoms with van der Waals surface area (Å²) in [6.07, 6.45) is 2.84. The number of fused-ring (bicyclic) bond motifs is 1. The van der Waals surface area contributed by atoms with E-state index < -0.39 is 0 Å². The van der Waals surface area contributed by atoms with Gasteiger partial charge in [0.1, 0.15) is 5.82 Å². The van der Waals surface area contributed by atoms with Crippen LogP contribution >= 0.6 is 0 Å². The molecule has 0 unspecified atom stereocenters. The van der Waals surface area contributed by atoms with E-state index >= 15 is 0 Å². The molecule has 8 nitrogen and oxygen atoms in total. The summed E-state index contributed by atoms with van der Waals surface area (Å²) in [6.45, 7) is 5.45. The van der Waals surface area contributed by atoms with Crippen LogP contribution in [-0.2, 0) is 24.3 Å². The number of amides is 1. The average molecular weight is 399 g/mol. The van der Waals surface area contributed by atoms with Crippen LogP contribution < -0.4 is 14.8 Å². The Morgan fingerprint density at radius 2 is 1.97 bits per heavy atom. The van der Waals surface area contributed by atoms with E-state index in [0.717, 1.165) is 68.6 Å². The molecule has 29 heavy (non-hydrogen) atoms. The number of carbonyl (C=O) groups excluding carboxylic acids is 1. The second-order valence-corrected chi connectivity index (χ2v) is 7.85. The first-order chi connectivity index (χ1) is 14.1. The normalized spacial score (nSPS) is 17.9. The molecular formula is C21H29N5O3. The van der Waals surface area contributed by atoms with Crippen molar-refractivity contribution < 1.29 is 14.3 Å². The van der Waals surface area contributed by atoms with E-state index in [1.165, 1.54) is 5.56 Å². The SMILES string of the molecule is COc1ccc(CN2CCc3nnc([C@@H](C)NC(=O)C4CC4)n3CC2)cc1OC. The average Bonchev–Trinajstić information content (AvgIpc) is 3.53. The molecule has 0 radical (unpaired) electrons. The molecule has 2 aliphatic rings. The van der Waals surface area contributed by atoms with Gasteiger partial charge in [0, 0.05) is 38.5 Å². The lowest BCUT2D eigenvalue weighted by molar-refractivity contribution is -0.123. The van der Waals surface area contributed by atoms with Crippen LogP contribution in [0.25, 0.3) is 0 Å². The van der Waals surface area contributed by atoms with E-state index in [9.17, 15) is 4.79 Å². The summed E-state index contributed by atoms with van der Waals surface area (Å²) in [6, 6.07) is 5.93. The highest BCUT2D eigenvalue weighted by Gasteiger charge is 2.31. The Morgan fingerprint density at radius 1 is 1.17 bits per heavy atom. The third-order valence-electron chi connectivity index (χ3n) is 5.70. The molecule has 0 bridgehead atoms. The van der Waals surface area contributed by atoms with Gasteiger partial charge >= 0.3 is 0 Å². The lowest BCUT2D eigenvalue weighted by Crippen LogP contribution is -2.31. The van der Waals surface area contributed by atoms with E-state index in [1.807, 2.05) is 19.1 Å². The standard InChI is InChI=1S/C21H29N5O3/c1-14(22-21(27)16-5-6-16)20-24-23-19-8-9-25(10-11-26(19)20)13-15-4-7-17(28-2)18(12-15)29-3/h4,7,12,14,16H,5-6,8-11,13H2,1-3H3,(H,22,27)/t14-/m1/s1. The van der Waals surface area contributed by atoms with Gasteiger partial charge < -0.3 is 19.4 Å². The molecule has 1 N–H and O–H groups in total. The van der Waals surface area contributed by atoms with Gasteiger partial charge in [-0.1, -0.05) is 6.07 Å². The number of methoxy groups -OCH3 is 2. The molecule has 1 aromatic heterocycles. The summed E-state index contributed by atoms with van der Waals surface area (Å²) >= 11 is 0. The summed E-state index contributed by atoms with van der Waals surface area (Å²) in [4.78, 5) is 14.5. The zero-order valence-corrected chi connectivity index (χ0v) is 17.4. The third-order valence-corrected chi connectivity index (χ3v) is 5.70. The van der Waals surface area contributed by atoms with Crippen molar-refractivity contribution in [2.75, 3.05) is 27.3 Å². The van der Waals surface area contributed by atoms with Gasteiger partial charge in [0.05, 0.1) is 20.3 Å². The van der Waals surface area contributed by atoms with Crippen LogP contribution in [0.1, 0.15) is 43.0 Å². The number of ether oxygens (including phenoxy) is 2. The molecule has 2 heterocycles. The maximum absolute atomic E-state index is 12.1. The molecule has 0 spiro atoms. The lowest BCUT2D eigenvalue weighted by Gasteiger charge is -2.21. The predicted molar refractivity (Wildman–Crippen MR) is 108 cm³/mol. The van der Waals surface area contributed by atoms with E-state index in [0.29, 0.717) is 0 Å². The number of carbonyl (C=O) groups is 1. The van der Waals surface area contributed by atoms with Crippen molar-refractivity contribution in [2.24, 2.45) is 5.92 Å². The third kappa shape index (κ3) is 4.37. The first-order valence-electron chi connectivity index (χ1n) is 10.2. The fourth-order valence-electron chi connectivity index (χ4n) is 3.85. The Balaban J connectivity index is 1.41. The lowest BCUT2D eigenvalue weighted by atomic mass is 10.2. The summed E-state index contributed by atoms with van der Waals surface area (Å²) in [5.41, 5.74) is 1.19. The summed E-state index contributed by atoms with van der Waals surface area (Å²) in [5, 5.41) is 11.9. The molecule has 156 valence electrons. The molecule has 1 saturated carbocycles. The first-order valence-corrected chi connectivity index (χ1v) is 10.2. The first kappa shape index (κ1) is 19.7. The highest BCUT2D eigenvalue weighted by atomic mass is 16.5. The van der Waals surface area contributed by atoms with Crippen molar-refractivity contribution in [3.63, 3.8) is 0 Å². The second-order valence-electron chi connectivity index (χ2n) is 7.85. The van der Waals surface area contributed by atoms with E-state index in [2.05, 4.69) is 31.0 Å². The number of hydrogen-bond donors (Lipinski definition) is 1. The van der Waals surface area contributed by atoms with Crippen LogP contribution in [0.15, 0.2) is 18.2 Å². The molecule has 4 rings (SSSR count). The fourth-order valence-corrected chi connectivity index (χ4v) is 3.85. The van der Waals surface area contributed by atoms with Gasteiger partial charge in [0.25, 0.3) is 0 Å². The van der Waals surface area contributed by atoms with Crippen LogP contribution in [0.3, 0.4) is 0 Å². The van der Waals surface area contributed by atoms with Crippen LogP contribution in [0.2, 0.25) is 0 Å². The van der Waals surface area contributed by atoms with Gasteiger partial charge in [-0.25, -0.2) is 0 Å². The molecule has 2 aromatic rings. The number of benzene rings is 1. The van der Waals surface area contributed by atoms with E-state index in [1.54, 1.807) is 14.2 Å². The highest BCUT2D eigenvalue weighted by Crippen LogP contribution is 2.30. The van der Waals surface area contributed by atoms with E-state index in [-0.39, 0.29) is 17.9 Å². The van der Waals surface area contributed by atoms with Gasteiger partial charge in [-0.15, -0.1) is 10.2 Å².